The van der Waals surface area contributed by atoms with E-state index >= 15 is 0 Å². The van der Waals surface area contributed by atoms with Crippen molar-refractivity contribution in [3.63, 3.8) is 0 Å². The highest BCUT2D eigenvalue weighted by Gasteiger charge is 2.18. The molecular weight excluding hydrogens is 436 g/mol. The molecule has 0 bridgehead atoms. The lowest BCUT2D eigenvalue weighted by atomic mass is 9.89. The average Bonchev–Trinajstić information content (AvgIpc) is 3.29. The fourth-order valence-electron chi connectivity index (χ4n) is 4.37. The lowest BCUT2D eigenvalue weighted by molar-refractivity contribution is 0.410. The molecule has 1 heterocycles. The van der Waals surface area contributed by atoms with Gasteiger partial charge in [-0.3, -0.25) is 4.99 Å². The lowest BCUT2D eigenvalue weighted by Gasteiger charge is -2.16. The second kappa shape index (κ2) is 16.0. The van der Waals surface area contributed by atoms with Gasteiger partial charge in [-0.2, -0.15) is 0 Å². The van der Waals surface area contributed by atoms with Gasteiger partial charge in [-0.15, -0.1) is 5.73 Å². The van der Waals surface area contributed by atoms with Crippen molar-refractivity contribution >= 4 is 11.8 Å². The second-order valence-corrected chi connectivity index (χ2v) is 11.0. The van der Waals surface area contributed by atoms with Crippen molar-refractivity contribution in [1.29, 1.82) is 0 Å². The maximum Gasteiger partial charge on any atom is 0.0649 e. The molecule has 1 aliphatic heterocycles. The third-order valence-corrected chi connectivity index (χ3v) is 6.01. The van der Waals surface area contributed by atoms with Crippen molar-refractivity contribution < 1.29 is 0 Å². The zero-order chi connectivity index (χ0) is 27.1. The Bertz CT molecular complexity index is 1030. The van der Waals surface area contributed by atoms with Crippen LogP contribution >= 0.6 is 0 Å². The van der Waals surface area contributed by atoms with Gasteiger partial charge in [0.1, 0.15) is 0 Å². The number of allylic oxidation sites excluding steroid dienone is 6. The van der Waals surface area contributed by atoms with E-state index in [1.54, 1.807) is 0 Å². The van der Waals surface area contributed by atoms with Crippen molar-refractivity contribution in [3.05, 3.63) is 94.4 Å². The Morgan fingerprint density at radius 2 is 1.92 bits per heavy atom. The third kappa shape index (κ3) is 11.7. The molecule has 2 rings (SSSR count). The molecule has 1 N–H and O–H groups in total. The fraction of sp³-hybridized carbons (Fsp3) is 0.471. The topological polar surface area (TPSA) is 24.4 Å². The maximum absolute atomic E-state index is 4.61. The second-order valence-electron chi connectivity index (χ2n) is 11.0. The molecule has 0 aromatic heterocycles. The van der Waals surface area contributed by atoms with Crippen molar-refractivity contribution in [2.45, 2.75) is 87.5 Å². The highest BCUT2D eigenvalue weighted by Crippen LogP contribution is 2.32. The van der Waals surface area contributed by atoms with Crippen LogP contribution in [0.1, 0.15) is 91.7 Å². The molecule has 0 spiro atoms. The summed E-state index contributed by atoms with van der Waals surface area (Å²) in [6.45, 7) is 26.9. The summed E-state index contributed by atoms with van der Waals surface area (Å²) < 4.78 is 0. The minimum atomic E-state index is 0.384. The third-order valence-electron chi connectivity index (χ3n) is 6.01. The highest BCUT2D eigenvalue weighted by atomic mass is 14.9. The molecule has 0 atom stereocenters. The fourth-order valence-corrected chi connectivity index (χ4v) is 4.37. The minimum Gasteiger partial charge on any atom is -0.389 e. The molecule has 1 aromatic carbocycles. The molecule has 0 saturated carbocycles. The molecule has 2 heteroatoms. The Morgan fingerprint density at radius 1 is 1.19 bits per heavy atom. The SMILES string of the molecule is C=C(CCC/C(C1=C(c2cccc(C)c2)C=NC1)=C(C)/C=C\C)NCCC.C=C=C(C)CC(C)(C)C. The van der Waals surface area contributed by atoms with Crippen molar-refractivity contribution in [3.8, 4) is 0 Å². The molecule has 0 saturated heterocycles. The Labute approximate surface area is 222 Å². The highest BCUT2D eigenvalue weighted by molar-refractivity contribution is 6.14. The molecule has 196 valence electrons. The number of hydrogen-bond donors (Lipinski definition) is 1. The van der Waals surface area contributed by atoms with Gasteiger partial charge in [0.25, 0.3) is 0 Å². The number of benzene rings is 1. The smallest absolute Gasteiger partial charge is 0.0649 e. The van der Waals surface area contributed by atoms with Gasteiger partial charge in [-0.25, -0.2) is 0 Å². The number of hydrogen-bond acceptors (Lipinski definition) is 2. The first-order valence-corrected chi connectivity index (χ1v) is 13.4. The minimum absolute atomic E-state index is 0.384. The molecule has 0 aliphatic carbocycles. The Morgan fingerprint density at radius 3 is 2.47 bits per heavy atom. The molecule has 0 fully saturated rings. The molecule has 0 radical (unpaired) electrons. The lowest BCUT2D eigenvalue weighted by Crippen LogP contribution is -2.13. The van der Waals surface area contributed by atoms with E-state index in [0.29, 0.717) is 5.41 Å². The molecule has 0 amide bonds. The van der Waals surface area contributed by atoms with Gasteiger partial charge in [-0.05, 0) is 93.1 Å². The van der Waals surface area contributed by atoms with Gasteiger partial charge in [0, 0.05) is 24.0 Å². The van der Waals surface area contributed by atoms with Gasteiger partial charge >= 0.3 is 0 Å². The number of aliphatic imine (C=N–C) groups is 1. The quantitative estimate of drug-likeness (QED) is 0.244. The summed E-state index contributed by atoms with van der Waals surface area (Å²) in [6, 6.07) is 8.73. The maximum atomic E-state index is 4.61. The predicted molar refractivity (Wildman–Crippen MR) is 163 cm³/mol. The summed E-state index contributed by atoms with van der Waals surface area (Å²) in [7, 11) is 0. The van der Waals surface area contributed by atoms with E-state index < -0.39 is 0 Å². The van der Waals surface area contributed by atoms with Crippen LogP contribution in [0.4, 0.5) is 0 Å². The van der Waals surface area contributed by atoms with E-state index in [0.717, 1.165) is 50.9 Å². The Kier molecular flexibility index (Phi) is 13.9. The average molecular weight is 487 g/mol. The van der Waals surface area contributed by atoms with Crippen LogP contribution in [-0.4, -0.2) is 19.3 Å². The van der Waals surface area contributed by atoms with E-state index in [-0.39, 0.29) is 0 Å². The van der Waals surface area contributed by atoms with Crippen LogP contribution in [0.5, 0.6) is 0 Å². The van der Waals surface area contributed by atoms with E-state index in [2.05, 4.69) is 127 Å². The summed E-state index contributed by atoms with van der Waals surface area (Å²) in [5.74, 6) is 0. The molecule has 36 heavy (non-hydrogen) atoms. The monoisotopic (exact) mass is 486 g/mol. The van der Waals surface area contributed by atoms with Crippen LogP contribution in [0.25, 0.3) is 5.57 Å². The first-order valence-electron chi connectivity index (χ1n) is 13.4. The standard InChI is InChI=1S/C25H34N2.C9H16/c1-6-10-20(4)23(14-9-12-21(5)27-15-7-2)25-18-26-17-24(25)22-13-8-11-19(3)16-22;1-6-8(2)7-9(3,4)5/h6,8,10-11,13,16-17,27H,5,7,9,12,14-15,18H2,1-4H3;1,7H2,2-5H3/b10-6-,23-20-;. The first kappa shape index (κ1) is 31.2. The summed E-state index contributed by atoms with van der Waals surface area (Å²) in [5, 5.41) is 3.41. The van der Waals surface area contributed by atoms with Gasteiger partial charge < -0.3 is 5.32 Å². The molecular formula is C34H50N2. The van der Waals surface area contributed by atoms with Gasteiger partial charge in [-0.1, -0.05) is 82.8 Å². The van der Waals surface area contributed by atoms with Gasteiger partial charge in [0.15, 0.2) is 0 Å². The van der Waals surface area contributed by atoms with Crippen LogP contribution in [-0.2, 0) is 0 Å². The van der Waals surface area contributed by atoms with E-state index in [1.165, 1.54) is 39.0 Å². The van der Waals surface area contributed by atoms with E-state index in [1.807, 2.05) is 0 Å². The van der Waals surface area contributed by atoms with Gasteiger partial charge in [0.2, 0.25) is 0 Å². The molecule has 1 aliphatic rings. The molecule has 2 nitrogen and oxygen atoms in total. The number of rotatable bonds is 11. The van der Waals surface area contributed by atoms with Crippen LogP contribution in [0.3, 0.4) is 0 Å². The normalized spacial score (nSPS) is 13.8. The van der Waals surface area contributed by atoms with E-state index in [9.17, 15) is 0 Å². The first-order chi connectivity index (χ1) is 17.0. The van der Waals surface area contributed by atoms with Crippen molar-refractivity contribution in [2.24, 2.45) is 10.4 Å². The zero-order valence-electron chi connectivity index (χ0n) is 24.4. The zero-order valence-corrected chi connectivity index (χ0v) is 24.4. The number of nitrogens with one attached hydrogen (secondary N) is 1. The van der Waals surface area contributed by atoms with Crippen molar-refractivity contribution in [2.75, 3.05) is 13.1 Å². The van der Waals surface area contributed by atoms with Crippen LogP contribution in [0, 0.1) is 12.3 Å². The predicted octanol–water partition coefficient (Wildman–Crippen LogP) is 9.56. The van der Waals surface area contributed by atoms with Gasteiger partial charge in [0.05, 0.1) is 6.54 Å². The van der Waals surface area contributed by atoms with Crippen LogP contribution < -0.4 is 5.32 Å². The Balaban J connectivity index is 0.000000613. The summed E-state index contributed by atoms with van der Waals surface area (Å²) in [6.07, 6.45) is 11.8. The summed E-state index contributed by atoms with van der Waals surface area (Å²) in [4.78, 5) is 4.61. The number of aryl methyl sites for hydroxylation is 1. The number of nitrogens with zero attached hydrogens (tertiary/aromatic N) is 1. The summed E-state index contributed by atoms with van der Waals surface area (Å²) >= 11 is 0. The molecule has 0 unspecified atom stereocenters. The van der Waals surface area contributed by atoms with Crippen LogP contribution in [0.2, 0.25) is 0 Å². The van der Waals surface area contributed by atoms with E-state index in [4.69, 9.17) is 0 Å². The summed E-state index contributed by atoms with van der Waals surface area (Å²) in [5.41, 5.74) is 13.7. The Hall–Kier alpha value is -2.83. The largest absolute Gasteiger partial charge is 0.389 e. The van der Waals surface area contributed by atoms with Crippen molar-refractivity contribution in [1.82, 2.24) is 5.32 Å². The molecule has 1 aromatic rings. The van der Waals surface area contributed by atoms with Crippen LogP contribution in [0.15, 0.2) is 88.3 Å².